The van der Waals surface area contributed by atoms with Crippen molar-refractivity contribution in [1.82, 2.24) is 9.97 Å². The van der Waals surface area contributed by atoms with E-state index < -0.39 is 5.41 Å². The summed E-state index contributed by atoms with van der Waals surface area (Å²) in [5.41, 5.74) is 15.8. The zero-order valence-electron chi connectivity index (χ0n) is 27.0. The predicted molar refractivity (Wildman–Crippen MR) is 200 cm³/mol. The summed E-state index contributed by atoms with van der Waals surface area (Å²) in [5.74, 6) is 1.60. The van der Waals surface area contributed by atoms with Crippen molar-refractivity contribution in [2.24, 2.45) is 0 Å². The van der Waals surface area contributed by atoms with E-state index in [2.05, 4.69) is 145 Å². The summed E-state index contributed by atoms with van der Waals surface area (Å²) in [6.07, 6.45) is -0.232. The van der Waals surface area contributed by atoms with E-state index in [0.717, 1.165) is 50.5 Å². The first-order chi connectivity index (χ1) is 24.8. The van der Waals surface area contributed by atoms with E-state index in [4.69, 9.17) is 14.7 Å². The van der Waals surface area contributed by atoms with Gasteiger partial charge in [-0.3, -0.25) is 0 Å². The average Bonchev–Trinajstić information content (AvgIpc) is 3.85. The average molecular weight is 640 g/mol. The first kappa shape index (κ1) is 27.4. The van der Waals surface area contributed by atoms with Crippen LogP contribution in [0.1, 0.15) is 34.0 Å². The van der Waals surface area contributed by atoms with E-state index in [0.29, 0.717) is 0 Å². The van der Waals surface area contributed by atoms with Gasteiger partial charge < -0.3 is 10.1 Å². The molecule has 0 saturated heterocycles. The van der Waals surface area contributed by atoms with Crippen LogP contribution in [-0.2, 0) is 5.41 Å². The van der Waals surface area contributed by atoms with Crippen LogP contribution in [0.5, 0.6) is 5.75 Å². The second-order valence-corrected chi connectivity index (χ2v) is 13.3. The number of nitrogens with one attached hydrogen (secondary N) is 1. The topological polar surface area (TPSA) is 47.0 Å². The number of fused-ring (bicyclic) bond motifs is 12. The number of nitrogens with zero attached hydrogens (tertiary/aromatic N) is 2. The standard InChI is InChI=1S/C46H29N3O/c1-5-17-35-30(12-1)31-13-2-6-18-36(31)46(35)37-19-7-3-14-32(37)42-34(16-11-20-38(42)46)44-47-39-21-8-4-15-33(39)43(49-44)28-24-26-29(27-25-28)45-48-40-22-9-10-23-41(40)50-45/h1-27,45,48H. The van der Waals surface area contributed by atoms with Gasteiger partial charge in [-0.25, -0.2) is 9.97 Å². The van der Waals surface area contributed by atoms with Crippen molar-refractivity contribution in [3.05, 3.63) is 192 Å². The molecule has 7 aromatic carbocycles. The lowest BCUT2D eigenvalue weighted by Gasteiger charge is -2.30. The molecule has 8 aromatic rings. The molecule has 4 nitrogen and oxygen atoms in total. The van der Waals surface area contributed by atoms with Crippen LogP contribution in [-0.4, -0.2) is 9.97 Å². The summed E-state index contributed by atoms with van der Waals surface area (Å²) < 4.78 is 6.20. The first-order valence-corrected chi connectivity index (χ1v) is 17.1. The molecule has 0 saturated carbocycles. The van der Waals surface area contributed by atoms with Gasteiger partial charge in [-0.15, -0.1) is 0 Å². The lowest BCUT2D eigenvalue weighted by molar-refractivity contribution is 0.260. The molecule has 0 amide bonds. The van der Waals surface area contributed by atoms with E-state index in [-0.39, 0.29) is 6.23 Å². The summed E-state index contributed by atoms with van der Waals surface area (Å²) in [6.45, 7) is 0. The first-order valence-electron chi connectivity index (χ1n) is 17.1. The van der Waals surface area contributed by atoms with Crippen molar-refractivity contribution in [2.45, 2.75) is 11.6 Å². The molecular formula is C46H29N3O. The van der Waals surface area contributed by atoms with Crippen molar-refractivity contribution >= 4 is 16.6 Å². The Hall–Kier alpha value is -6.52. The Balaban J connectivity index is 1.10. The fourth-order valence-electron chi connectivity index (χ4n) is 8.70. The minimum atomic E-state index is -0.416. The lowest BCUT2D eigenvalue weighted by atomic mass is 9.70. The molecule has 2 heterocycles. The second kappa shape index (κ2) is 10.2. The third-order valence-electron chi connectivity index (χ3n) is 10.8. The SMILES string of the molecule is c1ccc2c(c1)NC(c1ccc(-c3nc(-c4cccc5c4-c4ccccc4C54c5ccccc5-c5ccccc54)nc4ccccc34)cc1)O2. The molecule has 234 valence electrons. The van der Waals surface area contributed by atoms with Crippen molar-refractivity contribution in [2.75, 3.05) is 5.32 Å². The zero-order chi connectivity index (χ0) is 32.8. The molecule has 1 unspecified atom stereocenters. The van der Waals surface area contributed by atoms with Crippen LogP contribution in [0, 0.1) is 0 Å². The Bertz CT molecular complexity index is 2610. The van der Waals surface area contributed by atoms with E-state index >= 15 is 0 Å². The second-order valence-electron chi connectivity index (χ2n) is 13.3. The molecule has 2 aliphatic carbocycles. The van der Waals surface area contributed by atoms with Gasteiger partial charge in [0.15, 0.2) is 12.1 Å². The maximum Gasteiger partial charge on any atom is 0.196 e. The lowest BCUT2D eigenvalue weighted by Crippen LogP contribution is -2.25. The Labute approximate surface area is 289 Å². The highest BCUT2D eigenvalue weighted by Gasteiger charge is 2.52. The van der Waals surface area contributed by atoms with Gasteiger partial charge >= 0.3 is 0 Å². The van der Waals surface area contributed by atoms with E-state index in [1.54, 1.807) is 0 Å². The van der Waals surface area contributed by atoms with Gasteiger partial charge in [0.05, 0.1) is 22.3 Å². The molecular weight excluding hydrogens is 611 g/mol. The van der Waals surface area contributed by atoms with Gasteiger partial charge in [-0.2, -0.15) is 0 Å². The van der Waals surface area contributed by atoms with Crippen LogP contribution in [0.3, 0.4) is 0 Å². The molecule has 0 radical (unpaired) electrons. The Morgan fingerprint density at radius 3 is 1.86 bits per heavy atom. The number of rotatable bonds is 3. The fraction of sp³-hybridized carbons (Fsp3) is 0.0435. The molecule has 3 aliphatic rings. The highest BCUT2D eigenvalue weighted by atomic mass is 16.5. The number of ether oxygens (including phenoxy) is 1. The summed E-state index contributed by atoms with van der Waals surface area (Å²) in [6, 6.07) is 58.4. The molecule has 1 aromatic heterocycles. The predicted octanol–water partition coefficient (Wildman–Crippen LogP) is 10.8. The van der Waals surface area contributed by atoms with Crippen molar-refractivity contribution in [1.29, 1.82) is 0 Å². The summed E-state index contributed by atoms with van der Waals surface area (Å²) in [5, 5.41) is 4.51. The van der Waals surface area contributed by atoms with Gasteiger partial charge in [-0.1, -0.05) is 146 Å². The highest BCUT2D eigenvalue weighted by Crippen LogP contribution is 2.63. The summed E-state index contributed by atoms with van der Waals surface area (Å²) in [7, 11) is 0. The van der Waals surface area contributed by atoms with E-state index in [1.165, 1.54) is 44.5 Å². The molecule has 50 heavy (non-hydrogen) atoms. The number of aromatic nitrogens is 2. The smallest absolute Gasteiger partial charge is 0.196 e. The van der Waals surface area contributed by atoms with Gasteiger partial charge in [0, 0.05) is 22.1 Å². The van der Waals surface area contributed by atoms with E-state index in [9.17, 15) is 0 Å². The number of hydrogen-bond donors (Lipinski definition) is 1. The highest BCUT2D eigenvalue weighted by molar-refractivity contribution is 6.00. The minimum absolute atomic E-state index is 0.232. The van der Waals surface area contributed by atoms with Gasteiger partial charge in [0.1, 0.15) is 5.75 Å². The molecule has 1 aliphatic heterocycles. The Morgan fingerprint density at radius 2 is 1.10 bits per heavy atom. The van der Waals surface area contributed by atoms with Crippen LogP contribution < -0.4 is 10.1 Å². The van der Waals surface area contributed by atoms with Crippen LogP contribution >= 0.6 is 0 Å². The van der Waals surface area contributed by atoms with Crippen molar-refractivity contribution in [3.63, 3.8) is 0 Å². The number of benzene rings is 7. The Morgan fingerprint density at radius 1 is 0.500 bits per heavy atom. The maximum atomic E-state index is 6.20. The number of hydrogen-bond acceptors (Lipinski definition) is 4. The fourth-order valence-corrected chi connectivity index (χ4v) is 8.70. The van der Waals surface area contributed by atoms with Gasteiger partial charge in [0.25, 0.3) is 0 Å². The normalized spacial score (nSPS) is 15.5. The Kier molecular flexibility index (Phi) is 5.62. The number of anilines is 1. The van der Waals surface area contributed by atoms with Crippen LogP contribution in [0.4, 0.5) is 5.69 Å². The minimum Gasteiger partial charge on any atom is -0.464 e. The van der Waals surface area contributed by atoms with Gasteiger partial charge in [0.2, 0.25) is 0 Å². The number of para-hydroxylation sites is 3. The summed E-state index contributed by atoms with van der Waals surface area (Å²) >= 11 is 0. The van der Waals surface area contributed by atoms with E-state index in [1.807, 2.05) is 24.3 Å². The largest absolute Gasteiger partial charge is 0.464 e. The third-order valence-corrected chi connectivity index (χ3v) is 10.8. The molecule has 4 heteroatoms. The molecule has 0 fully saturated rings. The molecule has 1 atom stereocenters. The van der Waals surface area contributed by atoms with Crippen LogP contribution in [0.25, 0.3) is 55.8 Å². The van der Waals surface area contributed by atoms with Crippen LogP contribution in [0.15, 0.2) is 164 Å². The van der Waals surface area contributed by atoms with Crippen molar-refractivity contribution in [3.8, 4) is 50.6 Å². The maximum absolute atomic E-state index is 6.20. The molecule has 1 N–H and O–H groups in total. The van der Waals surface area contributed by atoms with Crippen LogP contribution in [0.2, 0.25) is 0 Å². The third kappa shape index (κ3) is 3.65. The molecule has 11 rings (SSSR count). The molecule has 0 bridgehead atoms. The van der Waals surface area contributed by atoms with Gasteiger partial charge in [-0.05, 0) is 62.7 Å². The quantitative estimate of drug-likeness (QED) is 0.209. The zero-order valence-corrected chi connectivity index (χ0v) is 27.0. The van der Waals surface area contributed by atoms with Crippen molar-refractivity contribution < 1.29 is 4.74 Å². The molecule has 1 spiro atoms. The monoisotopic (exact) mass is 639 g/mol. The summed E-state index contributed by atoms with van der Waals surface area (Å²) in [4.78, 5) is 10.6.